The average Bonchev–Trinajstić information content (AvgIpc) is 2.84. The Morgan fingerprint density at radius 2 is 1.67 bits per heavy atom. The molecule has 1 fully saturated rings. The summed E-state index contributed by atoms with van der Waals surface area (Å²) in [6.07, 6.45) is 2.22. The summed E-state index contributed by atoms with van der Waals surface area (Å²) < 4.78 is 27.2. The molecule has 1 heterocycles. The number of unbranched alkanes of at least 4 members (excludes halogenated alkanes) is 1. The van der Waals surface area contributed by atoms with Crippen LogP contribution in [0.1, 0.15) is 37.0 Å². The summed E-state index contributed by atoms with van der Waals surface area (Å²) in [5.74, 6) is -0.152. The second-order valence-corrected chi connectivity index (χ2v) is 9.81. The highest BCUT2D eigenvalue weighted by Crippen LogP contribution is 2.27. The third kappa shape index (κ3) is 5.51. The zero-order chi connectivity index (χ0) is 24.0. The number of piperazine rings is 1. The van der Waals surface area contributed by atoms with Gasteiger partial charge in [0.1, 0.15) is 0 Å². The van der Waals surface area contributed by atoms with Gasteiger partial charge >= 0.3 is 0 Å². The number of nitro groups is 1. The number of benzene rings is 2. The minimum atomic E-state index is -4.03. The lowest BCUT2D eigenvalue weighted by molar-refractivity contribution is -0.387. The van der Waals surface area contributed by atoms with Gasteiger partial charge in [-0.3, -0.25) is 14.9 Å². The van der Waals surface area contributed by atoms with Crippen LogP contribution in [0.25, 0.3) is 0 Å². The van der Waals surface area contributed by atoms with Crippen molar-refractivity contribution in [2.45, 2.75) is 31.6 Å². The second kappa shape index (κ2) is 10.8. The van der Waals surface area contributed by atoms with Gasteiger partial charge in [-0.1, -0.05) is 25.5 Å². The van der Waals surface area contributed by atoms with Crippen LogP contribution in [0, 0.1) is 10.1 Å². The van der Waals surface area contributed by atoms with Gasteiger partial charge in [-0.25, -0.2) is 8.42 Å². The number of nitrogens with zero attached hydrogens (tertiary/aromatic N) is 4. The van der Waals surface area contributed by atoms with E-state index in [4.69, 9.17) is 0 Å². The average molecular weight is 475 g/mol. The van der Waals surface area contributed by atoms with E-state index in [1.807, 2.05) is 24.3 Å². The fourth-order valence-corrected chi connectivity index (χ4v) is 5.49. The van der Waals surface area contributed by atoms with Crippen LogP contribution in [0.5, 0.6) is 0 Å². The fourth-order valence-electron chi connectivity index (χ4n) is 3.91. The number of amides is 1. The first kappa shape index (κ1) is 24.7. The van der Waals surface area contributed by atoms with Gasteiger partial charge in [0.15, 0.2) is 4.90 Å². The molecule has 0 spiro atoms. The van der Waals surface area contributed by atoms with E-state index >= 15 is 0 Å². The maximum absolute atomic E-state index is 13.0. The van der Waals surface area contributed by atoms with Crippen molar-refractivity contribution < 1.29 is 18.1 Å². The van der Waals surface area contributed by atoms with Gasteiger partial charge in [0.2, 0.25) is 10.0 Å². The van der Waals surface area contributed by atoms with E-state index < -0.39 is 20.6 Å². The molecule has 1 amide bonds. The molecule has 3 rings (SSSR count). The van der Waals surface area contributed by atoms with Crippen molar-refractivity contribution in [3.8, 4) is 0 Å². The quantitative estimate of drug-likeness (QED) is 0.408. The van der Waals surface area contributed by atoms with Gasteiger partial charge in [0, 0.05) is 56.6 Å². The van der Waals surface area contributed by atoms with Crippen LogP contribution < -0.4 is 4.90 Å². The molecule has 0 aliphatic carbocycles. The molecule has 1 aliphatic heterocycles. The van der Waals surface area contributed by atoms with Crippen molar-refractivity contribution in [3.63, 3.8) is 0 Å². The lowest BCUT2D eigenvalue weighted by Crippen LogP contribution is -2.50. The standard InChI is InChI=1S/C23H30N4O5S/c1-3-5-14-24(4-2)20-12-10-19(11-13-20)23(28)25-15-17-26(18-16-25)33(31,32)22-9-7-6-8-21(22)27(29)30/h6-13H,3-5,14-18H2,1-2H3. The van der Waals surface area contributed by atoms with Crippen LogP contribution in [0.2, 0.25) is 0 Å². The van der Waals surface area contributed by atoms with Crippen LogP contribution in [0.3, 0.4) is 0 Å². The minimum absolute atomic E-state index is 0.0822. The number of anilines is 1. The number of rotatable bonds is 9. The molecule has 0 unspecified atom stereocenters. The number of para-hydroxylation sites is 1. The van der Waals surface area contributed by atoms with Gasteiger partial charge < -0.3 is 9.80 Å². The van der Waals surface area contributed by atoms with Crippen LogP contribution in [-0.2, 0) is 10.0 Å². The first-order valence-corrected chi connectivity index (χ1v) is 12.6. The number of carbonyl (C=O) groups is 1. The summed E-state index contributed by atoms with van der Waals surface area (Å²) in [5.41, 5.74) is 1.18. The summed E-state index contributed by atoms with van der Waals surface area (Å²) in [4.78, 5) is 27.1. The van der Waals surface area contributed by atoms with Crippen LogP contribution >= 0.6 is 0 Å². The Morgan fingerprint density at radius 1 is 1.03 bits per heavy atom. The molecule has 1 aliphatic rings. The van der Waals surface area contributed by atoms with Gasteiger partial charge in [0.25, 0.3) is 11.6 Å². The predicted molar refractivity (Wildman–Crippen MR) is 127 cm³/mol. The highest BCUT2D eigenvalue weighted by molar-refractivity contribution is 7.89. The van der Waals surface area contributed by atoms with Crippen molar-refractivity contribution >= 4 is 27.3 Å². The highest BCUT2D eigenvalue weighted by Gasteiger charge is 2.34. The minimum Gasteiger partial charge on any atom is -0.372 e. The van der Waals surface area contributed by atoms with E-state index in [0.29, 0.717) is 5.56 Å². The van der Waals surface area contributed by atoms with E-state index in [2.05, 4.69) is 18.7 Å². The molecule has 0 bridgehead atoms. The molecule has 0 radical (unpaired) electrons. The predicted octanol–water partition coefficient (Wildman–Crippen LogP) is 3.37. The molecule has 0 atom stereocenters. The monoisotopic (exact) mass is 474 g/mol. The summed E-state index contributed by atoms with van der Waals surface area (Å²) in [6.45, 7) is 6.72. The Morgan fingerprint density at radius 3 is 2.24 bits per heavy atom. The summed E-state index contributed by atoms with van der Waals surface area (Å²) in [7, 11) is -4.03. The van der Waals surface area contributed by atoms with Crippen molar-refractivity contribution in [1.29, 1.82) is 0 Å². The third-order valence-electron chi connectivity index (χ3n) is 5.85. The molecule has 33 heavy (non-hydrogen) atoms. The number of hydrogen-bond donors (Lipinski definition) is 0. The zero-order valence-electron chi connectivity index (χ0n) is 19.0. The summed E-state index contributed by atoms with van der Waals surface area (Å²) in [6, 6.07) is 12.8. The highest BCUT2D eigenvalue weighted by atomic mass is 32.2. The number of hydrogen-bond acceptors (Lipinski definition) is 6. The molecule has 1 saturated heterocycles. The van der Waals surface area contributed by atoms with Crippen LogP contribution in [-0.4, -0.2) is 67.7 Å². The Balaban J connectivity index is 1.66. The SMILES string of the molecule is CCCCN(CC)c1ccc(C(=O)N2CCN(S(=O)(=O)c3ccccc3[N+](=O)[O-])CC2)cc1. The molecule has 0 saturated carbocycles. The maximum atomic E-state index is 13.0. The Kier molecular flexibility index (Phi) is 8.04. The Hall–Kier alpha value is -2.98. The van der Waals surface area contributed by atoms with E-state index in [1.54, 1.807) is 4.90 Å². The van der Waals surface area contributed by atoms with E-state index in [-0.39, 0.29) is 37.0 Å². The number of sulfonamides is 1. The van der Waals surface area contributed by atoms with Crippen molar-refractivity contribution in [3.05, 3.63) is 64.2 Å². The fraction of sp³-hybridized carbons (Fsp3) is 0.435. The molecule has 178 valence electrons. The molecular weight excluding hydrogens is 444 g/mol. The normalized spacial score (nSPS) is 14.8. The summed E-state index contributed by atoms with van der Waals surface area (Å²) >= 11 is 0. The molecule has 2 aromatic carbocycles. The Bertz CT molecular complexity index is 1080. The first-order valence-electron chi connectivity index (χ1n) is 11.2. The lowest BCUT2D eigenvalue weighted by Gasteiger charge is -2.34. The molecule has 0 N–H and O–H groups in total. The molecule has 9 nitrogen and oxygen atoms in total. The zero-order valence-corrected chi connectivity index (χ0v) is 19.8. The summed E-state index contributed by atoms with van der Waals surface area (Å²) in [5, 5.41) is 11.3. The smallest absolute Gasteiger partial charge is 0.289 e. The molecular formula is C23H30N4O5S. The van der Waals surface area contributed by atoms with Crippen molar-refractivity contribution in [2.75, 3.05) is 44.2 Å². The number of nitro benzene ring substituents is 1. The van der Waals surface area contributed by atoms with Crippen LogP contribution in [0.4, 0.5) is 11.4 Å². The first-order chi connectivity index (χ1) is 15.8. The van der Waals surface area contributed by atoms with E-state index in [1.165, 1.54) is 28.6 Å². The van der Waals surface area contributed by atoms with Gasteiger partial charge in [-0.05, 0) is 43.7 Å². The molecule has 0 aromatic heterocycles. The second-order valence-electron chi connectivity index (χ2n) is 7.90. The van der Waals surface area contributed by atoms with Crippen molar-refractivity contribution in [1.82, 2.24) is 9.21 Å². The Labute approximate surface area is 194 Å². The van der Waals surface area contributed by atoms with E-state index in [0.717, 1.165) is 31.6 Å². The van der Waals surface area contributed by atoms with Gasteiger partial charge in [0.05, 0.1) is 4.92 Å². The van der Waals surface area contributed by atoms with Gasteiger partial charge in [-0.15, -0.1) is 0 Å². The number of carbonyl (C=O) groups excluding carboxylic acids is 1. The van der Waals surface area contributed by atoms with E-state index in [9.17, 15) is 23.3 Å². The molecule has 2 aromatic rings. The topological polar surface area (TPSA) is 104 Å². The molecule has 10 heteroatoms. The lowest BCUT2D eigenvalue weighted by atomic mass is 10.1. The van der Waals surface area contributed by atoms with Crippen LogP contribution in [0.15, 0.2) is 53.4 Å². The third-order valence-corrected chi connectivity index (χ3v) is 7.79. The van der Waals surface area contributed by atoms with Gasteiger partial charge in [-0.2, -0.15) is 4.31 Å². The van der Waals surface area contributed by atoms with Crippen molar-refractivity contribution in [2.24, 2.45) is 0 Å². The largest absolute Gasteiger partial charge is 0.372 e. The maximum Gasteiger partial charge on any atom is 0.289 e.